The van der Waals surface area contributed by atoms with Crippen molar-refractivity contribution < 1.29 is 0 Å². The summed E-state index contributed by atoms with van der Waals surface area (Å²) in [6.45, 7) is 2.02. The van der Waals surface area contributed by atoms with Crippen molar-refractivity contribution in [2.24, 2.45) is 5.84 Å². The number of benzene rings is 1. The smallest absolute Gasteiger partial charge is 0.0944 e. The van der Waals surface area contributed by atoms with Crippen molar-refractivity contribution in [3.8, 4) is 0 Å². The molecule has 2 aromatic rings. The molecule has 6 heteroatoms. The van der Waals surface area contributed by atoms with E-state index in [1.165, 1.54) is 4.90 Å². The molecule has 19 heavy (non-hydrogen) atoms. The lowest BCUT2D eigenvalue weighted by Crippen LogP contribution is -2.38. The van der Waals surface area contributed by atoms with Gasteiger partial charge < -0.3 is 0 Å². The van der Waals surface area contributed by atoms with Crippen LogP contribution >= 0.6 is 39.0 Å². The van der Waals surface area contributed by atoms with E-state index in [1.807, 2.05) is 6.92 Å². The average Bonchev–Trinajstić information content (AvgIpc) is 2.82. The molecule has 3 nitrogen and oxygen atoms in total. The van der Waals surface area contributed by atoms with E-state index in [0.29, 0.717) is 0 Å². The molecule has 0 spiro atoms. The molecular formula is C13H16BrN3S2. The maximum Gasteiger partial charge on any atom is 0.0944 e. The van der Waals surface area contributed by atoms with E-state index in [0.717, 1.165) is 27.3 Å². The number of nitrogens with zero attached hydrogens (tertiary/aromatic N) is 1. The number of aryl methyl sites for hydroxylation is 1. The molecule has 0 bridgehead atoms. The molecule has 1 atom stereocenters. The van der Waals surface area contributed by atoms with Crippen LogP contribution in [0.5, 0.6) is 0 Å². The number of halogens is 1. The zero-order valence-electron chi connectivity index (χ0n) is 10.6. The van der Waals surface area contributed by atoms with Crippen molar-refractivity contribution in [2.45, 2.75) is 24.3 Å². The van der Waals surface area contributed by atoms with Crippen LogP contribution in [0.2, 0.25) is 0 Å². The van der Waals surface area contributed by atoms with E-state index in [9.17, 15) is 0 Å². The summed E-state index contributed by atoms with van der Waals surface area (Å²) in [6, 6.07) is 8.56. The van der Waals surface area contributed by atoms with Crippen molar-refractivity contribution in [1.82, 2.24) is 10.4 Å². The first kappa shape index (κ1) is 15.0. The third kappa shape index (κ3) is 4.89. The first-order valence-electron chi connectivity index (χ1n) is 5.93. The average molecular weight is 358 g/mol. The summed E-state index contributed by atoms with van der Waals surface area (Å²) in [7, 11) is 0. The first-order chi connectivity index (χ1) is 9.17. The third-order valence-corrected chi connectivity index (χ3v) is 5.28. The van der Waals surface area contributed by atoms with Gasteiger partial charge in [0, 0.05) is 38.7 Å². The summed E-state index contributed by atoms with van der Waals surface area (Å²) in [6.07, 6.45) is 0.874. The summed E-state index contributed by atoms with van der Waals surface area (Å²) >= 11 is 6.93. The summed E-state index contributed by atoms with van der Waals surface area (Å²) < 4.78 is 1.10. The van der Waals surface area contributed by atoms with Gasteiger partial charge in [-0.25, -0.2) is 4.98 Å². The van der Waals surface area contributed by atoms with Crippen molar-refractivity contribution in [2.75, 3.05) is 5.75 Å². The highest BCUT2D eigenvalue weighted by molar-refractivity contribution is 9.10. The Morgan fingerprint density at radius 2 is 2.16 bits per heavy atom. The molecule has 0 amide bonds. The summed E-state index contributed by atoms with van der Waals surface area (Å²) in [5.41, 5.74) is 3.96. The van der Waals surface area contributed by atoms with Gasteiger partial charge in [0.15, 0.2) is 0 Å². The van der Waals surface area contributed by atoms with Gasteiger partial charge in [-0.05, 0) is 31.2 Å². The number of hydrazine groups is 1. The van der Waals surface area contributed by atoms with Crippen LogP contribution in [0, 0.1) is 6.92 Å². The van der Waals surface area contributed by atoms with Crippen molar-refractivity contribution in [1.29, 1.82) is 0 Å². The number of nitrogens with two attached hydrogens (primary N) is 1. The Kier molecular flexibility index (Phi) is 5.84. The van der Waals surface area contributed by atoms with Crippen LogP contribution in [0.15, 0.2) is 39.0 Å². The van der Waals surface area contributed by atoms with Crippen LogP contribution in [-0.2, 0) is 6.42 Å². The van der Waals surface area contributed by atoms with Gasteiger partial charge in [0.2, 0.25) is 0 Å². The fraction of sp³-hybridized carbons (Fsp3) is 0.308. The fourth-order valence-corrected chi connectivity index (χ4v) is 3.65. The molecule has 0 aliphatic carbocycles. The highest BCUT2D eigenvalue weighted by Crippen LogP contribution is 2.22. The SMILES string of the molecule is Cc1csc(CC(CSc2ccc(Br)cc2)NN)n1. The summed E-state index contributed by atoms with van der Waals surface area (Å²) in [5, 5.41) is 3.21. The Bertz CT molecular complexity index is 513. The molecular weight excluding hydrogens is 342 g/mol. The second-order valence-electron chi connectivity index (χ2n) is 4.22. The molecule has 102 valence electrons. The topological polar surface area (TPSA) is 50.9 Å². The van der Waals surface area contributed by atoms with Gasteiger partial charge in [0.1, 0.15) is 0 Å². The number of thioether (sulfide) groups is 1. The number of thiazole rings is 1. The molecule has 0 radical (unpaired) electrons. The summed E-state index contributed by atoms with van der Waals surface area (Å²) in [5.74, 6) is 6.55. The van der Waals surface area contributed by atoms with Crippen LogP contribution in [0.25, 0.3) is 0 Å². The fourth-order valence-electron chi connectivity index (χ4n) is 1.60. The Balaban J connectivity index is 1.87. The van der Waals surface area contributed by atoms with Crippen molar-refractivity contribution >= 4 is 39.0 Å². The van der Waals surface area contributed by atoms with Gasteiger partial charge >= 0.3 is 0 Å². The van der Waals surface area contributed by atoms with Gasteiger partial charge in [0.25, 0.3) is 0 Å². The molecule has 1 aromatic heterocycles. The van der Waals surface area contributed by atoms with Gasteiger partial charge in [-0.2, -0.15) is 0 Å². The highest BCUT2D eigenvalue weighted by atomic mass is 79.9. The first-order valence-corrected chi connectivity index (χ1v) is 8.58. The number of rotatable bonds is 6. The summed E-state index contributed by atoms with van der Waals surface area (Å²) in [4.78, 5) is 5.72. The molecule has 1 aromatic carbocycles. The van der Waals surface area contributed by atoms with Gasteiger partial charge in [0.05, 0.1) is 5.01 Å². The van der Waals surface area contributed by atoms with Crippen molar-refractivity contribution in [3.05, 3.63) is 44.8 Å². The highest BCUT2D eigenvalue weighted by Gasteiger charge is 2.11. The maximum atomic E-state index is 5.62. The van der Waals surface area contributed by atoms with Crippen LogP contribution in [0.4, 0.5) is 0 Å². The van der Waals surface area contributed by atoms with Crippen LogP contribution in [0.3, 0.4) is 0 Å². The van der Waals surface area contributed by atoms with Crippen LogP contribution < -0.4 is 11.3 Å². The van der Waals surface area contributed by atoms with E-state index in [4.69, 9.17) is 5.84 Å². The molecule has 3 N–H and O–H groups in total. The molecule has 1 heterocycles. The van der Waals surface area contributed by atoms with Crippen LogP contribution in [-0.4, -0.2) is 16.8 Å². The van der Waals surface area contributed by atoms with E-state index in [1.54, 1.807) is 23.1 Å². The van der Waals surface area contributed by atoms with Crippen LogP contribution in [0.1, 0.15) is 10.7 Å². The van der Waals surface area contributed by atoms with Gasteiger partial charge in [-0.3, -0.25) is 11.3 Å². The van der Waals surface area contributed by atoms with E-state index in [2.05, 4.69) is 56.0 Å². The lowest BCUT2D eigenvalue weighted by atomic mass is 10.2. The third-order valence-electron chi connectivity index (χ3n) is 2.59. The number of hydrogen-bond acceptors (Lipinski definition) is 5. The lowest BCUT2D eigenvalue weighted by Gasteiger charge is -2.13. The second-order valence-corrected chi connectivity index (χ2v) is 7.17. The normalized spacial score (nSPS) is 12.6. The molecule has 0 aliphatic heterocycles. The molecule has 0 saturated heterocycles. The van der Waals surface area contributed by atoms with E-state index >= 15 is 0 Å². The molecule has 0 saturated carbocycles. The maximum absolute atomic E-state index is 5.62. The minimum absolute atomic E-state index is 0.235. The minimum Gasteiger partial charge on any atom is -0.271 e. The predicted octanol–water partition coefficient (Wildman–Crippen LogP) is 3.38. The van der Waals surface area contributed by atoms with Gasteiger partial charge in [-0.15, -0.1) is 23.1 Å². The standard InChI is InChI=1S/C13H16BrN3S2/c1-9-7-19-13(16-9)6-11(17-15)8-18-12-4-2-10(14)3-5-12/h2-5,7,11,17H,6,8,15H2,1H3. The molecule has 0 fully saturated rings. The van der Waals surface area contributed by atoms with E-state index in [-0.39, 0.29) is 6.04 Å². The van der Waals surface area contributed by atoms with Crippen molar-refractivity contribution in [3.63, 3.8) is 0 Å². The zero-order chi connectivity index (χ0) is 13.7. The Labute approximate surface area is 130 Å². The zero-order valence-corrected chi connectivity index (χ0v) is 13.8. The van der Waals surface area contributed by atoms with E-state index < -0.39 is 0 Å². The number of nitrogens with one attached hydrogen (secondary N) is 1. The largest absolute Gasteiger partial charge is 0.271 e. The predicted molar refractivity (Wildman–Crippen MR) is 86.5 cm³/mol. The number of hydrogen-bond donors (Lipinski definition) is 2. The Morgan fingerprint density at radius 1 is 1.42 bits per heavy atom. The Hall–Kier alpha value is -0.400. The quantitative estimate of drug-likeness (QED) is 0.472. The molecule has 0 aliphatic rings. The van der Waals surface area contributed by atoms with Gasteiger partial charge in [-0.1, -0.05) is 15.9 Å². The Morgan fingerprint density at radius 3 is 2.74 bits per heavy atom. The second kappa shape index (κ2) is 7.40. The monoisotopic (exact) mass is 357 g/mol. The lowest BCUT2D eigenvalue weighted by molar-refractivity contribution is 0.574. The number of aromatic nitrogens is 1. The molecule has 2 rings (SSSR count). The molecule has 1 unspecified atom stereocenters. The minimum atomic E-state index is 0.235.